The average molecular weight is 213 g/mol. The van der Waals surface area contributed by atoms with Crippen LogP contribution in [-0.4, -0.2) is 37.0 Å². The maximum atomic E-state index is 5.32. The second kappa shape index (κ2) is 4.69. The molecule has 84 valence electrons. The van der Waals surface area contributed by atoms with Crippen molar-refractivity contribution in [3.8, 4) is 0 Å². The zero-order valence-corrected chi connectivity index (χ0v) is 8.90. The molecule has 1 aromatic rings. The molecular weight excluding hydrogens is 198 g/mol. The third-order valence-electron chi connectivity index (χ3n) is 2.39. The van der Waals surface area contributed by atoms with Gasteiger partial charge in [0.25, 0.3) is 5.89 Å². The van der Waals surface area contributed by atoms with E-state index in [2.05, 4.69) is 15.5 Å². The van der Waals surface area contributed by atoms with E-state index in [0.29, 0.717) is 18.3 Å². The summed E-state index contributed by atoms with van der Waals surface area (Å²) in [5, 5.41) is 7.16. The molecule has 1 saturated heterocycles. The van der Waals surface area contributed by atoms with Crippen molar-refractivity contribution in [2.75, 3.05) is 26.9 Å². The van der Waals surface area contributed by atoms with Gasteiger partial charge in [-0.25, -0.2) is 0 Å². The third-order valence-corrected chi connectivity index (χ3v) is 2.39. The van der Waals surface area contributed by atoms with Crippen LogP contribution in [0.1, 0.15) is 30.8 Å². The first kappa shape index (κ1) is 10.5. The van der Waals surface area contributed by atoms with E-state index in [0.717, 1.165) is 13.2 Å². The van der Waals surface area contributed by atoms with Crippen LogP contribution < -0.4 is 5.32 Å². The van der Waals surface area contributed by atoms with Gasteiger partial charge in [-0.05, 0) is 6.92 Å². The molecular formula is C9H15N3O3. The number of hydrogen-bond acceptors (Lipinski definition) is 6. The number of aromatic nitrogens is 2. The molecule has 1 fully saturated rings. The molecule has 2 rings (SSSR count). The van der Waals surface area contributed by atoms with Gasteiger partial charge in [-0.1, -0.05) is 5.16 Å². The molecule has 1 aromatic heterocycles. The zero-order valence-electron chi connectivity index (χ0n) is 8.90. The number of nitrogens with zero attached hydrogens (tertiary/aromatic N) is 2. The molecule has 0 saturated carbocycles. The SMILES string of the molecule is COC(C)c1nc(C2COCCN2)no1. The van der Waals surface area contributed by atoms with Gasteiger partial charge in [-0.3, -0.25) is 0 Å². The maximum absolute atomic E-state index is 5.32. The van der Waals surface area contributed by atoms with Crippen molar-refractivity contribution < 1.29 is 14.0 Å². The quantitative estimate of drug-likeness (QED) is 0.785. The molecule has 0 aliphatic carbocycles. The van der Waals surface area contributed by atoms with Gasteiger partial charge in [-0.2, -0.15) is 4.98 Å². The highest BCUT2D eigenvalue weighted by Gasteiger charge is 2.22. The molecule has 0 bridgehead atoms. The molecule has 0 radical (unpaired) electrons. The fourth-order valence-electron chi connectivity index (χ4n) is 1.39. The predicted octanol–water partition coefficient (Wildman–Crippen LogP) is 0.438. The Kier molecular flexibility index (Phi) is 3.30. The minimum absolute atomic E-state index is 0.0281. The van der Waals surface area contributed by atoms with Crippen LogP contribution in [0.5, 0.6) is 0 Å². The minimum Gasteiger partial charge on any atom is -0.378 e. The van der Waals surface area contributed by atoms with Crippen LogP contribution in [0.25, 0.3) is 0 Å². The lowest BCUT2D eigenvalue weighted by atomic mass is 10.2. The Bertz CT molecular complexity index is 309. The van der Waals surface area contributed by atoms with E-state index in [-0.39, 0.29) is 12.1 Å². The van der Waals surface area contributed by atoms with Crippen molar-refractivity contribution >= 4 is 0 Å². The molecule has 2 heterocycles. The van der Waals surface area contributed by atoms with Crippen LogP contribution in [0.3, 0.4) is 0 Å². The molecule has 0 aromatic carbocycles. The average Bonchev–Trinajstić information content (AvgIpc) is 2.78. The van der Waals surface area contributed by atoms with Gasteiger partial charge < -0.3 is 19.3 Å². The van der Waals surface area contributed by atoms with Crippen molar-refractivity contribution in [1.29, 1.82) is 0 Å². The Morgan fingerprint density at radius 3 is 3.13 bits per heavy atom. The lowest BCUT2D eigenvalue weighted by Gasteiger charge is -2.20. The number of rotatable bonds is 3. The van der Waals surface area contributed by atoms with Gasteiger partial charge >= 0.3 is 0 Å². The zero-order chi connectivity index (χ0) is 10.7. The lowest BCUT2D eigenvalue weighted by Crippen LogP contribution is -2.35. The number of hydrogen-bond donors (Lipinski definition) is 1. The molecule has 6 heteroatoms. The molecule has 15 heavy (non-hydrogen) atoms. The molecule has 6 nitrogen and oxygen atoms in total. The molecule has 1 aliphatic heterocycles. The van der Waals surface area contributed by atoms with E-state index >= 15 is 0 Å². The van der Waals surface area contributed by atoms with Crippen LogP contribution in [-0.2, 0) is 9.47 Å². The Labute approximate surface area is 87.9 Å². The van der Waals surface area contributed by atoms with Crippen LogP contribution in [0.2, 0.25) is 0 Å². The Morgan fingerprint density at radius 1 is 1.60 bits per heavy atom. The summed E-state index contributed by atoms with van der Waals surface area (Å²) in [5.41, 5.74) is 0. The molecule has 0 spiro atoms. The smallest absolute Gasteiger partial charge is 0.255 e. The second-order valence-electron chi connectivity index (χ2n) is 3.45. The largest absolute Gasteiger partial charge is 0.378 e. The lowest BCUT2D eigenvalue weighted by molar-refractivity contribution is 0.0733. The second-order valence-corrected chi connectivity index (χ2v) is 3.45. The standard InChI is InChI=1S/C9H15N3O3/c1-6(13-2)9-11-8(12-15-9)7-5-14-4-3-10-7/h6-7,10H,3-5H2,1-2H3. The minimum atomic E-state index is -0.171. The van der Waals surface area contributed by atoms with E-state index in [9.17, 15) is 0 Å². The highest BCUT2D eigenvalue weighted by Crippen LogP contribution is 2.17. The van der Waals surface area contributed by atoms with Crippen LogP contribution in [0, 0.1) is 0 Å². The fraction of sp³-hybridized carbons (Fsp3) is 0.778. The third kappa shape index (κ3) is 2.34. The van der Waals surface area contributed by atoms with Crippen LogP contribution in [0.15, 0.2) is 4.52 Å². The van der Waals surface area contributed by atoms with Crippen molar-refractivity contribution in [2.24, 2.45) is 0 Å². The van der Waals surface area contributed by atoms with Gasteiger partial charge in [0.1, 0.15) is 6.10 Å². The summed E-state index contributed by atoms with van der Waals surface area (Å²) < 4.78 is 15.5. The van der Waals surface area contributed by atoms with E-state index in [4.69, 9.17) is 14.0 Å². The summed E-state index contributed by atoms with van der Waals surface area (Å²) in [4.78, 5) is 4.26. The Morgan fingerprint density at radius 2 is 2.47 bits per heavy atom. The maximum Gasteiger partial charge on any atom is 0.255 e. The summed E-state index contributed by atoms with van der Waals surface area (Å²) in [6.45, 7) is 3.99. The summed E-state index contributed by atoms with van der Waals surface area (Å²) >= 11 is 0. The summed E-state index contributed by atoms with van der Waals surface area (Å²) in [7, 11) is 1.61. The van der Waals surface area contributed by atoms with Gasteiger partial charge in [-0.15, -0.1) is 0 Å². The monoisotopic (exact) mass is 213 g/mol. The Hall–Kier alpha value is -0.980. The van der Waals surface area contributed by atoms with Gasteiger partial charge in [0.05, 0.1) is 19.3 Å². The summed E-state index contributed by atoms with van der Waals surface area (Å²) in [6.07, 6.45) is -0.171. The van der Waals surface area contributed by atoms with Gasteiger partial charge in [0.2, 0.25) is 0 Å². The highest BCUT2D eigenvalue weighted by atomic mass is 16.5. The van der Waals surface area contributed by atoms with Crippen molar-refractivity contribution in [3.05, 3.63) is 11.7 Å². The summed E-state index contributed by atoms with van der Waals surface area (Å²) in [6, 6.07) is 0.0281. The number of nitrogens with one attached hydrogen (secondary N) is 1. The number of methoxy groups -OCH3 is 1. The molecule has 0 amide bonds. The van der Waals surface area contributed by atoms with Crippen LogP contribution in [0.4, 0.5) is 0 Å². The van der Waals surface area contributed by atoms with E-state index in [1.807, 2.05) is 6.92 Å². The Balaban J connectivity index is 2.05. The van der Waals surface area contributed by atoms with Crippen molar-refractivity contribution in [3.63, 3.8) is 0 Å². The van der Waals surface area contributed by atoms with E-state index < -0.39 is 0 Å². The number of morpholine rings is 1. The predicted molar refractivity (Wildman–Crippen MR) is 51.3 cm³/mol. The van der Waals surface area contributed by atoms with Crippen molar-refractivity contribution in [1.82, 2.24) is 15.5 Å². The van der Waals surface area contributed by atoms with E-state index in [1.54, 1.807) is 7.11 Å². The van der Waals surface area contributed by atoms with E-state index in [1.165, 1.54) is 0 Å². The van der Waals surface area contributed by atoms with Crippen molar-refractivity contribution in [2.45, 2.75) is 19.1 Å². The number of ether oxygens (including phenoxy) is 2. The highest BCUT2D eigenvalue weighted by molar-refractivity contribution is 4.96. The summed E-state index contributed by atoms with van der Waals surface area (Å²) in [5.74, 6) is 1.13. The molecule has 2 atom stereocenters. The molecule has 1 N–H and O–H groups in total. The van der Waals surface area contributed by atoms with Gasteiger partial charge in [0, 0.05) is 13.7 Å². The first-order valence-electron chi connectivity index (χ1n) is 4.98. The van der Waals surface area contributed by atoms with Crippen LogP contribution >= 0.6 is 0 Å². The molecule has 1 aliphatic rings. The first-order valence-corrected chi connectivity index (χ1v) is 4.98. The topological polar surface area (TPSA) is 69.4 Å². The normalized spacial score (nSPS) is 24.0. The fourth-order valence-corrected chi connectivity index (χ4v) is 1.39. The molecule has 2 unspecified atom stereocenters. The first-order chi connectivity index (χ1) is 7.31. The van der Waals surface area contributed by atoms with Gasteiger partial charge in [0.15, 0.2) is 5.82 Å².